The minimum absolute atomic E-state index is 0.647. The predicted octanol–water partition coefficient (Wildman–Crippen LogP) is 11.1. The molecule has 0 aliphatic heterocycles. The molecule has 224 valence electrons. The Labute approximate surface area is 276 Å². The molecule has 0 unspecified atom stereocenters. The highest BCUT2D eigenvalue weighted by Crippen LogP contribution is 2.43. The molecule has 10 rings (SSSR count). The fourth-order valence-corrected chi connectivity index (χ4v) is 7.50. The van der Waals surface area contributed by atoms with Crippen LogP contribution in [-0.4, -0.2) is 18.9 Å². The third kappa shape index (κ3) is 3.90. The Balaban J connectivity index is 1.32. The van der Waals surface area contributed by atoms with E-state index in [4.69, 9.17) is 9.97 Å². The molecule has 4 heterocycles. The van der Waals surface area contributed by atoms with Crippen molar-refractivity contribution in [2.24, 2.45) is 0 Å². The SMILES string of the molecule is c1ccc(-c2ccc(-c3nc(-n4c5ccccc5c5c(-c6ccccc6)c6ccccn6c54)nc4ccccc34)c3ccccc23)cc1. The van der Waals surface area contributed by atoms with E-state index in [2.05, 4.69) is 179 Å². The summed E-state index contributed by atoms with van der Waals surface area (Å²) in [6.45, 7) is 0. The molecule has 0 bridgehead atoms. The zero-order valence-electron chi connectivity index (χ0n) is 26.0. The zero-order chi connectivity index (χ0) is 31.6. The fraction of sp³-hybridized carbons (Fsp3) is 0. The van der Waals surface area contributed by atoms with Gasteiger partial charge in [-0.3, -0.25) is 4.57 Å². The van der Waals surface area contributed by atoms with Gasteiger partial charge in [0.2, 0.25) is 5.95 Å². The summed E-state index contributed by atoms with van der Waals surface area (Å²) in [6.07, 6.45) is 2.15. The summed E-state index contributed by atoms with van der Waals surface area (Å²) in [7, 11) is 0. The van der Waals surface area contributed by atoms with Gasteiger partial charge in [-0.15, -0.1) is 0 Å². The van der Waals surface area contributed by atoms with Crippen molar-refractivity contribution in [2.45, 2.75) is 0 Å². The van der Waals surface area contributed by atoms with E-state index in [0.717, 1.165) is 44.2 Å². The Morgan fingerprint density at radius 1 is 0.417 bits per heavy atom. The molecule has 48 heavy (non-hydrogen) atoms. The van der Waals surface area contributed by atoms with E-state index in [9.17, 15) is 0 Å². The number of para-hydroxylation sites is 2. The van der Waals surface area contributed by atoms with E-state index in [-0.39, 0.29) is 0 Å². The van der Waals surface area contributed by atoms with E-state index in [1.54, 1.807) is 0 Å². The van der Waals surface area contributed by atoms with Crippen LogP contribution in [0.4, 0.5) is 0 Å². The van der Waals surface area contributed by atoms with Gasteiger partial charge < -0.3 is 4.40 Å². The fourth-order valence-electron chi connectivity index (χ4n) is 7.50. The van der Waals surface area contributed by atoms with Crippen molar-refractivity contribution >= 4 is 49.1 Å². The van der Waals surface area contributed by atoms with Crippen LogP contribution in [0, 0.1) is 0 Å². The molecule has 0 fully saturated rings. The molecule has 0 radical (unpaired) electrons. The summed E-state index contributed by atoms with van der Waals surface area (Å²) < 4.78 is 4.54. The summed E-state index contributed by atoms with van der Waals surface area (Å²) >= 11 is 0. The number of pyridine rings is 1. The van der Waals surface area contributed by atoms with E-state index in [1.807, 2.05) is 0 Å². The Kier molecular flexibility index (Phi) is 5.84. The average molecular weight is 613 g/mol. The van der Waals surface area contributed by atoms with Crippen molar-refractivity contribution in [1.82, 2.24) is 18.9 Å². The van der Waals surface area contributed by atoms with Crippen LogP contribution in [0.15, 0.2) is 170 Å². The van der Waals surface area contributed by atoms with Crippen LogP contribution in [0.2, 0.25) is 0 Å². The number of fused-ring (bicyclic) bond motifs is 7. The lowest BCUT2D eigenvalue weighted by Gasteiger charge is -2.15. The molecule has 0 saturated carbocycles. The van der Waals surface area contributed by atoms with Gasteiger partial charge in [-0.1, -0.05) is 140 Å². The van der Waals surface area contributed by atoms with Crippen LogP contribution in [-0.2, 0) is 0 Å². The first-order valence-corrected chi connectivity index (χ1v) is 16.3. The van der Waals surface area contributed by atoms with Gasteiger partial charge in [-0.2, -0.15) is 0 Å². The summed E-state index contributed by atoms with van der Waals surface area (Å²) in [5, 5.41) is 5.75. The molecule has 0 amide bonds. The molecule has 4 aromatic heterocycles. The molecule has 0 N–H and O–H groups in total. The Morgan fingerprint density at radius 3 is 1.79 bits per heavy atom. The van der Waals surface area contributed by atoms with Crippen molar-refractivity contribution in [3.8, 4) is 39.5 Å². The standard InChI is InChI=1S/C44H28N4/c1-3-15-29(16-4-1)31-26-27-34(33-20-8-7-19-32(31)33)42-35-21-9-11-23-37(35)45-44(46-42)48-38-24-12-10-22-36(38)41-40(30-17-5-2-6-18-30)39-25-13-14-28-47(39)43(41)48/h1-28H. The molecule has 6 aromatic carbocycles. The van der Waals surface area contributed by atoms with Gasteiger partial charge in [0.05, 0.1) is 22.2 Å². The third-order valence-electron chi connectivity index (χ3n) is 9.56. The van der Waals surface area contributed by atoms with Crippen molar-refractivity contribution in [3.05, 3.63) is 170 Å². The van der Waals surface area contributed by atoms with E-state index < -0.39 is 0 Å². The first kappa shape index (κ1) is 26.7. The van der Waals surface area contributed by atoms with Crippen LogP contribution >= 0.6 is 0 Å². The minimum Gasteiger partial charge on any atom is -0.302 e. The van der Waals surface area contributed by atoms with Gasteiger partial charge in [0, 0.05) is 33.5 Å². The second kappa shape index (κ2) is 10.5. The first-order chi connectivity index (χ1) is 23.8. The monoisotopic (exact) mass is 612 g/mol. The molecule has 4 nitrogen and oxygen atoms in total. The second-order valence-electron chi connectivity index (χ2n) is 12.2. The molecular formula is C44H28N4. The van der Waals surface area contributed by atoms with Crippen LogP contribution in [0.1, 0.15) is 0 Å². The topological polar surface area (TPSA) is 35.1 Å². The molecule has 0 spiro atoms. The smallest absolute Gasteiger partial charge is 0.236 e. The Bertz CT molecular complexity index is 2820. The lowest BCUT2D eigenvalue weighted by molar-refractivity contribution is 0.987. The number of nitrogens with zero attached hydrogens (tertiary/aromatic N) is 4. The maximum absolute atomic E-state index is 5.49. The lowest BCUT2D eigenvalue weighted by Crippen LogP contribution is -2.05. The summed E-state index contributed by atoms with van der Waals surface area (Å²) in [4.78, 5) is 10.8. The van der Waals surface area contributed by atoms with E-state index in [1.165, 1.54) is 38.4 Å². The predicted molar refractivity (Wildman–Crippen MR) is 199 cm³/mol. The van der Waals surface area contributed by atoms with E-state index in [0.29, 0.717) is 5.95 Å². The molecule has 10 aromatic rings. The van der Waals surface area contributed by atoms with Gasteiger partial charge in [-0.25, -0.2) is 9.97 Å². The maximum atomic E-state index is 5.49. The highest BCUT2D eigenvalue weighted by molar-refractivity contribution is 6.19. The quantitative estimate of drug-likeness (QED) is 0.198. The highest BCUT2D eigenvalue weighted by Gasteiger charge is 2.24. The van der Waals surface area contributed by atoms with Gasteiger partial charge in [0.25, 0.3) is 0 Å². The molecule has 4 heteroatoms. The molecule has 0 atom stereocenters. The first-order valence-electron chi connectivity index (χ1n) is 16.3. The van der Waals surface area contributed by atoms with Crippen LogP contribution in [0.25, 0.3) is 88.6 Å². The van der Waals surface area contributed by atoms with Crippen LogP contribution in [0.5, 0.6) is 0 Å². The van der Waals surface area contributed by atoms with Gasteiger partial charge >= 0.3 is 0 Å². The van der Waals surface area contributed by atoms with Gasteiger partial charge in [0.1, 0.15) is 5.65 Å². The second-order valence-corrected chi connectivity index (χ2v) is 12.2. The van der Waals surface area contributed by atoms with Crippen molar-refractivity contribution < 1.29 is 0 Å². The van der Waals surface area contributed by atoms with Crippen molar-refractivity contribution in [1.29, 1.82) is 0 Å². The highest BCUT2D eigenvalue weighted by atomic mass is 15.2. The van der Waals surface area contributed by atoms with Crippen LogP contribution in [0.3, 0.4) is 0 Å². The van der Waals surface area contributed by atoms with Gasteiger partial charge in [0.15, 0.2) is 0 Å². The van der Waals surface area contributed by atoms with Crippen molar-refractivity contribution in [3.63, 3.8) is 0 Å². The third-order valence-corrected chi connectivity index (χ3v) is 9.56. The number of hydrogen-bond donors (Lipinski definition) is 0. The molecule has 0 saturated heterocycles. The number of benzene rings is 6. The number of rotatable bonds is 4. The minimum atomic E-state index is 0.647. The molecular weight excluding hydrogens is 585 g/mol. The van der Waals surface area contributed by atoms with Crippen molar-refractivity contribution in [2.75, 3.05) is 0 Å². The lowest BCUT2D eigenvalue weighted by atomic mass is 9.93. The average Bonchev–Trinajstić information content (AvgIpc) is 3.67. The largest absolute Gasteiger partial charge is 0.302 e. The molecule has 0 aliphatic rings. The molecule has 0 aliphatic carbocycles. The van der Waals surface area contributed by atoms with Gasteiger partial charge in [-0.05, 0) is 51.7 Å². The summed E-state index contributed by atoms with van der Waals surface area (Å²) in [5.41, 5.74) is 11.0. The number of hydrogen-bond acceptors (Lipinski definition) is 2. The Morgan fingerprint density at radius 2 is 1.00 bits per heavy atom. The summed E-state index contributed by atoms with van der Waals surface area (Å²) in [6, 6.07) is 57.8. The normalized spacial score (nSPS) is 11.8. The maximum Gasteiger partial charge on any atom is 0.236 e. The van der Waals surface area contributed by atoms with Crippen LogP contribution < -0.4 is 0 Å². The Hall–Kier alpha value is -6.52. The number of aromatic nitrogens is 4. The van der Waals surface area contributed by atoms with E-state index >= 15 is 0 Å². The summed E-state index contributed by atoms with van der Waals surface area (Å²) in [5.74, 6) is 0.647. The zero-order valence-corrected chi connectivity index (χ0v) is 26.0.